The number of hydrogen-bond donors (Lipinski definition) is 1. The van der Waals surface area contributed by atoms with Crippen molar-refractivity contribution >= 4 is 9.84 Å². The summed E-state index contributed by atoms with van der Waals surface area (Å²) in [5.41, 5.74) is 0.256. The van der Waals surface area contributed by atoms with Crippen LogP contribution >= 0.6 is 0 Å². The van der Waals surface area contributed by atoms with Gasteiger partial charge in [0, 0.05) is 23.6 Å². The highest BCUT2D eigenvalue weighted by Crippen LogP contribution is 2.23. The summed E-state index contributed by atoms with van der Waals surface area (Å²) in [6.45, 7) is 2.64. The van der Waals surface area contributed by atoms with E-state index in [2.05, 4.69) is 5.32 Å². The molecule has 0 aliphatic rings. The zero-order valence-corrected chi connectivity index (χ0v) is 12.6. The highest BCUT2D eigenvalue weighted by molar-refractivity contribution is 7.90. The number of benzene rings is 1. The first kappa shape index (κ1) is 17.0. The van der Waals surface area contributed by atoms with Gasteiger partial charge in [-0.15, -0.1) is 0 Å². The molecular weight excluding hydrogens is 284 g/mol. The molecule has 3 nitrogen and oxygen atoms in total. The molecule has 1 unspecified atom stereocenters. The highest BCUT2D eigenvalue weighted by Gasteiger charge is 2.18. The van der Waals surface area contributed by atoms with Crippen LogP contribution in [0.4, 0.5) is 8.78 Å². The summed E-state index contributed by atoms with van der Waals surface area (Å²) < 4.78 is 49.3. The molecule has 1 N–H and O–H groups in total. The first-order chi connectivity index (χ1) is 9.35. The first-order valence-electron chi connectivity index (χ1n) is 6.70. The SMILES string of the molecule is CCCNC(CCCS(C)(=O)=O)c1cccc(F)c1F. The smallest absolute Gasteiger partial charge is 0.163 e. The molecule has 0 bridgehead atoms. The monoisotopic (exact) mass is 305 g/mol. The van der Waals surface area contributed by atoms with E-state index >= 15 is 0 Å². The molecule has 0 aromatic heterocycles. The van der Waals surface area contributed by atoms with Gasteiger partial charge in [-0.1, -0.05) is 19.1 Å². The van der Waals surface area contributed by atoms with E-state index in [1.807, 2.05) is 6.92 Å². The van der Waals surface area contributed by atoms with Gasteiger partial charge in [-0.2, -0.15) is 0 Å². The van der Waals surface area contributed by atoms with Crippen LogP contribution in [0.5, 0.6) is 0 Å². The molecule has 0 radical (unpaired) electrons. The van der Waals surface area contributed by atoms with Crippen molar-refractivity contribution in [2.24, 2.45) is 0 Å². The lowest BCUT2D eigenvalue weighted by molar-refractivity contribution is 0.443. The summed E-state index contributed by atoms with van der Waals surface area (Å²) in [6.07, 6.45) is 2.90. The number of sulfone groups is 1. The summed E-state index contributed by atoms with van der Waals surface area (Å²) in [7, 11) is -3.04. The van der Waals surface area contributed by atoms with E-state index < -0.39 is 21.5 Å². The van der Waals surface area contributed by atoms with Crippen LogP contribution in [-0.2, 0) is 9.84 Å². The Morgan fingerprint density at radius 3 is 2.60 bits per heavy atom. The average molecular weight is 305 g/mol. The van der Waals surface area contributed by atoms with E-state index in [0.29, 0.717) is 19.4 Å². The van der Waals surface area contributed by atoms with Crippen molar-refractivity contribution in [3.05, 3.63) is 35.4 Å². The van der Waals surface area contributed by atoms with Crippen LogP contribution in [0.25, 0.3) is 0 Å². The topological polar surface area (TPSA) is 46.2 Å². The van der Waals surface area contributed by atoms with Crippen molar-refractivity contribution in [3.63, 3.8) is 0 Å². The third-order valence-electron chi connectivity index (χ3n) is 3.01. The average Bonchev–Trinajstić information content (AvgIpc) is 2.36. The fourth-order valence-electron chi connectivity index (χ4n) is 2.03. The molecule has 0 fully saturated rings. The van der Waals surface area contributed by atoms with Crippen molar-refractivity contribution < 1.29 is 17.2 Å². The van der Waals surface area contributed by atoms with Crippen LogP contribution in [0.15, 0.2) is 18.2 Å². The molecule has 0 saturated carbocycles. The van der Waals surface area contributed by atoms with Gasteiger partial charge in [0.05, 0.1) is 0 Å². The largest absolute Gasteiger partial charge is 0.310 e. The molecule has 6 heteroatoms. The molecule has 1 atom stereocenters. The zero-order valence-electron chi connectivity index (χ0n) is 11.8. The second-order valence-electron chi connectivity index (χ2n) is 4.92. The van der Waals surface area contributed by atoms with Gasteiger partial charge >= 0.3 is 0 Å². The van der Waals surface area contributed by atoms with Gasteiger partial charge in [0.2, 0.25) is 0 Å². The van der Waals surface area contributed by atoms with Crippen molar-refractivity contribution in [2.75, 3.05) is 18.6 Å². The van der Waals surface area contributed by atoms with Crippen molar-refractivity contribution in [2.45, 2.75) is 32.2 Å². The van der Waals surface area contributed by atoms with E-state index in [9.17, 15) is 17.2 Å². The number of halogens is 2. The van der Waals surface area contributed by atoms with Gasteiger partial charge in [0.1, 0.15) is 9.84 Å². The standard InChI is InChI=1S/C14H21F2NO2S/c1-3-9-17-13(8-5-10-20(2,18)19)11-6-4-7-12(15)14(11)16/h4,6-7,13,17H,3,5,8-10H2,1-2H3. The molecule has 1 rings (SSSR count). The second kappa shape index (κ2) is 7.69. The van der Waals surface area contributed by atoms with Crippen molar-refractivity contribution in [1.29, 1.82) is 0 Å². The molecule has 0 spiro atoms. The molecule has 20 heavy (non-hydrogen) atoms. The molecule has 1 aromatic carbocycles. The Hall–Kier alpha value is -1.01. The Morgan fingerprint density at radius 2 is 2.00 bits per heavy atom. The van der Waals surface area contributed by atoms with Gasteiger partial charge in [0.15, 0.2) is 11.6 Å². The molecular formula is C14H21F2NO2S. The van der Waals surface area contributed by atoms with Crippen LogP contribution in [0.3, 0.4) is 0 Å². The summed E-state index contributed by atoms with van der Waals surface area (Å²) in [6, 6.07) is 3.70. The predicted molar refractivity (Wildman–Crippen MR) is 76.3 cm³/mol. The van der Waals surface area contributed by atoms with E-state index in [0.717, 1.165) is 12.5 Å². The van der Waals surface area contributed by atoms with Gasteiger partial charge in [0.25, 0.3) is 0 Å². The van der Waals surface area contributed by atoms with Crippen LogP contribution in [0, 0.1) is 11.6 Å². The van der Waals surface area contributed by atoms with Crippen molar-refractivity contribution in [1.82, 2.24) is 5.32 Å². The fraction of sp³-hybridized carbons (Fsp3) is 0.571. The first-order valence-corrected chi connectivity index (χ1v) is 8.76. The third kappa shape index (κ3) is 5.54. The quantitative estimate of drug-likeness (QED) is 0.803. The minimum atomic E-state index is -3.04. The van der Waals surface area contributed by atoms with E-state index in [1.54, 1.807) is 0 Å². The molecule has 1 aromatic rings. The Labute approximate surface area is 119 Å². The lowest BCUT2D eigenvalue weighted by Gasteiger charge is -2.19. The Balaban J connectivity index is 2.80. The van der Waals surface area contributed by atoms with Gasteiger partial charge in [-0.3, -0.25) is 0 Å². The lowest BCUT2D eigenvalue weighted by atomic mass is 10.0. The molecule has 0 saturated heterocycles. The second-order valence-corrected chi connectivity index (χ2v) is 7.18. The van der Waals surface area contributed by atoms with Crippen LogP contribution in [0.2, 0.25) is 0 Å². The third-order valence-corrected chi connectivity index (χ3v) is 4.04. The Bertz CT molecular complexity index is 532. The maximum atomic E-state index is 13.8. The predicted octanol–water partition coefficient (Wildman–Crippen LogP) is 2.83. The summed E-state index contributed by atoms with van der Waals surface area (Å²) in [5.74, 6) is -1.69. The maximum Gasteiger partial charge on any atom is 0.163 e. The fourth-order valence-corrected chi connectivity index (χ4v) is 2.72. The molecule has 114 valence electrons. The zero-order chi connectivity index (χ0) is 15.2. The normalized spacial score (nSPS) is 13.4. The van der Waals surface area contributed by atoms with E-state index in [1.165, 1.54) is 18.4 Å². The summed E-state index contributed by atoms with van der Waals surface area (Å²) >= 11 is 0. The number of rotatable bonds is 8. The Kier molecular flexibility index (Phi) is 6.55. The minimum absolute atomic E-state index is 0.0498. The maximum absolute atomic E-state index is 13.8. The highest BCUT2D eigenvalue weighted by atomic mass is 32.2. The molecule has 0 aliphatic heterocycles. The van der Waals surface area contributed by atoms with Crippen LogP contribution in [-0.4, -0.2) is 27.0 Å². The molecule has 0 heterocycles. The van der Waals surface area contributed by atoms with Gasteiger partial charge in [-0.05, 0) is 31.9 Å². The van der Waals surface area contributed by atoms with Crippen LogP contribution in [0.1, 0.15) is 37.8 Å². The summed E-state index contributed by atoms with van der Waals surface area (Å²) in [5, 5.41) is 3.14. The van der Waals surface area contributed by atoms with Gasteiger partial charge < -0.3 is 5.32 Å². The van der Waals surface area contributed by atoms with E-state index in [4.69, 9.17) is 0 Å². The number of nitrogens with one attached hydrogen (secondary N) is 1. The Morgan fingerprint density at radius 1 is 1.30 bits per heavy atom. The molecule has 0 aliphatic carbocycles. The van der Waals surface area contributed by atoms with E-state index in [-0.39, 0.29) is 17.4 Å². The molecule has 0 amide bonds. The number of hydrogen-bond acceptors (Lipinski definition) is 3. The van der Waals surface area contributed by atoms with Crippen LogP contribution < -0.4 is 5.32 Å². The minimum Gasteiger partial charge on any atom is -0.310 e. The lowest BCUT2D eigenvalue weighted by Crippen LogP contribution is -2.24. The summed E-state index contributed by atoms with van der Waals surface area (Å²) in [4.78, 5) is 0. The van der Waals surface area contributed by atoms with Gasteiger partial charge in [-0.25, -0.2) is 17.2 Å². The van der Waals surface area contributed by atoms with Crippen molar-refractivity contribution in [3.8, 4) is 0 Å².